The maximum absolute atomic E-state index is 12.4. The predicted molar refractivity (Wildman–Crippen MR) is 95.0 cm³/mol. The first-order chi connectivity index (χ1) is 12.2. The lowest BCUT2D eigenvalue weighted by molar-refractivity contribution is -0.122. The third-order valence-electron chi connectivity index (χ3n) is 5.46. The van der Waals surface area contributed by atoms with Crippen LogP contribution in [0.1, 0.15) is 37.0 Å². The van der Waals surface area contributed by atoms with Gasteiger partial charge in [-0.25, -0.2) is 0 Å². The van der Waals surface area contributed by atoms with Crippen molar-refractivity contribution in [3.8, 4) is 0 Å². The number of rotatable bonds is 6. The van der Waals surface area contributed by atoms with E-state index in [2.05, 4.69) is 56.2 Å². The molecule has 0 radical (unpaired) electrons. The summed E-state index contributed by atoms with van der Waals surface area (Å²) >= 11 is 0. The topological polar surface area (TPSA) is 63.1 Å². The maximum Gasteiger partial charge on any atom is 0.234 e. The van der Waals surface area contributed by atoms with Crippen LogP contribution in [0.25, 0.3) is 0 Å². The van der Waals surface area contributed by atoms with Gasteiger partial charge in [0.25, 0.3) is 0 Å². The molecule has 2 aliphatic rings. The van der Waals surface area contributed by atoms with E-state index >= 15 is 0 Å². The van der Waals surface area contributed by atoms with Crippen molar-refractivity contribution in [2.24, 2.45) is 0 Å². The van der Waals surface area contributed by atoms with Crippen LogP contribution in [-0.4, -0.2) is 45.2 Å². The Morgan fingerprint density at radius 1 is 1.20 bits per heavy atom. The molecular formula is C19H25N5O. The predicted octanol–water partition coefficient (Wildman–Crippen LogP) is 1.50. The molecule has 0 unspecified atom stereocenters. The number of aryl methyl sites for hydroxylation is 1. The van der Waals surface area contributed by atoms with Gasteiger partial charge in [-0.1, -0.05) is 37.3 Å². The van der Waals surface area contributed by atoms with Crippen molar-refractivity contribution < 1.29 is 4.79 Å². The Labute approximate surface area is 148 Å². The van der Waals surface area contributed by atoms with Gasteiger partial charge in [0.2, 0.25) is 5.91 Å². The quantitative estimate of drug-likeness (QED) is 0.866. The first-order valence-electron chi connectivity index (χ1n) is 9.16. The van der Waals surface area contributed by atoms with E-state index in [0.29, 0.717) is 13.1 Å². The minimum Gasteiger partial charge on any atom is -0.354 e. The Morgan fingerprint density at radius 3 is 2.72 bits per heavy atom. The smallest absolute Gasteiger partial charge is 0.234 e. The van der Waals surface area contributed by atoms with Crippen molar-refractivity contribution in [1.82, 2.24) is 25.0 Å². The van der Waals surface area contributed by atoms with E-state index in [9.17, 15) is 4.79 Å². The van der Waals surface area contributed by atoms with Crippen molar-refractivity contribution in [2.75, 3.05) is 19.6 Å². The summed E-state index contributed by atoms with van der Waals surface area (Å²) < 4.78 is 2.18. The van der Waals surface area contributed by atoms with E-state index < -0.39 is 0 Å². The first-order valence-corrected chi connectivity index (χ1v) is 9.16. The molecule has 6 nitrogen and oxygen atoms in total. The van der Waals surface area contributed by atoms with Crippen molar-refractivity contribution in [3.63, 3.8) is 0 Å². The van der Waals surface area contributed by atoms with Gasteiger partial charge in [-0.2, -0.15) is 0 Å². The molecule has 1 aromatic heterocycles. The number of carbonyl (C=O) groups excluding carboxylic acids is 1. The van der Waals surface area contributed by atoms with Crippen molar-refractivity contribution >= 4 is 5.91 Å². The second kappa shape index (κ2) is 6.59. The van der Waals surface area contributed by atoms with Crippen molar-refractivity contribution in [1.29, 1.82) is 0 Å². The Hall–Kier alpha value is -2.21. The molecule has 1 saturated carbocycles. The van der Waals surface area contributed by atoms with Gasteiger partial charge in [0.15, 0.2) is 0 Å². The molecule has 2 heterocycles. The molecule has 4 rings (SSSR count). The Kier molecular flexibility index (Phi) is 4.29. The molecule has 6 heteroatoms. The summed E-state index contributed by atoms with van der Waals surface area (Å²) in [5, 5.41) is 11.6. The molecule has 2 aromatic rings. The van der Waals surface area contributed by atoms with Gasteiger partial charge in [-0.15, -0.1) is 10.2 Å². The number of hydrogen-bond acceptors (Lipinski definition) is 4. The molecule has 132 valence electrons. The van der Waals surface area contributed by atoms with Gasteiger partial charge in [-0.3, -0.25) is 9.69 Å². The van der Waals surface area contributed by atoms with E-state index in [0.717, 1.165) is 50.5 Å². The summed E-state index contributed by atoms with van der Waals surface area (Å²) in [6.45, 7) is 5.70. The van der Waals surface area contributed by atoms with Gasteiger partial charge >= 0.3 is 0 Å². The largest absolute Gasteiger partial charge is 0.354 e. The van der Waals surface area contributed by atoms with Crippen LogP contribution in [0.5, 0.6) is 0 Å². The average molecular weight is 339 g/mol. The van der Waals surface area contributed by atoms with E-state index in [1.165, 1.54) is 5.56 Å². The highest BCUT2D eigenvalue weighted by Gasteiger charge is 2.44. The molecule has 1 aliphatic carbocycles. The molecule has 0 atom stereocenters. The summed E-state index contributed by atoms with van der Waals surface area (Å²) in [4.78, 5) is 14.5. The van der Waals surface area contributed by atoms with Crippen molar-refractivity contribution in [2.45, 2.75) is 44.7 Å². The van der Waals surface area contributed by atoms with Crippen LogP contribution >= 0.6 is 0 Å². The number of carbonyl (C=O) groups is 1. The highest BCUT2D eigenvalue weighted by molar-refractivity contribution is 5.78. The molecule has 1 fully saturated rings. The first kappa shape index (κ1) is 16.3. The molecule has 0 spiro atoms. The monoisotopic (exact) mass is 339 g/mol. The fourth-order valence-electron chi connectivity index (χ4n) is 3.70. The van der Waals surface area contributed by atoms with Gasteiger partial charge in [-0.05, 0) is 18.4 Å². The third kappa shape index (κ3) is 3.31. The van der Waals surface area contributed by atoms with Crippen LogP contribution in [0.3, 0.4) is 0 Å². The normalized spacial score (nSPS) is 18.6. The fourth-order valence-corrected chi connectivity index (χ4v) is 3.70. The second-order valence-corrected chi connectivity index (χ2v) is 7.17. The summed E-state index contributed by atoms with van der Waals surface area (Å²) in [5.41, 5.74) is 1.50. The Morgan fingerprint density at radius 2 is 2.00 bits per heavy atom. The maximum atomic E-state index is 12.4. The Bertz CT molecular complexity index is 750. The summed E-state index contributed by atoms with van der Waals surface area (Å²) in [5.74, 6) is 2.11. The molecule has 1 aromatic carbocycles. The van der Waals surface area contributed by atoms with Gasteiger partial charge < -0.3 is 9.88 Å². The van der Waals surface area contributed by atoms with Crippen LogP contribution in [0.4, 0.5) is 0 Å². The zero-order chi connectivity index (χ0) is 17.3. The van der Waals surface area contributed by atoms with Gasteiger partial charge in [0.1, 0.15) is 11.6 Å². The minimum atomic E-state index is 0.103. The van der Waals surface area contributed by atoms with Gasteiger partial charge in [0.05, 0.1) is 13.1 Å². The number of aromatic nitrogens is 3. The highest BCUT2D eigenvalue weighted by atomic mass is 16.2. The van der Waals surface area contributed by atoms with Crippen LogP contribution in [0.15, 0.2) is 30.3 Å². The van der Waals surface area contributed by atoms with E-state index in [1.807, 2.05) is 6.07 Å². The summed E-state index contributed by atoms with van der Waals surface area (Å²) in [7, 11) is 0. The average Bonchev–Trinajstić information content (AvgIpc) is 3.34. The number of fused-ring (bicyclic) bond motifs is 1. The zero-order valence-electron chi connectivity index (χ0n) is 14.7. The van der Waals surface area contributed by atoms with Crippen LogP contribution in [-0.2, 0) is 29.7 Å². The standard InChI is InChI=1S/C19H25N5O/c1-2-16-21-22-17-12-23(10-11-24(16)17)13-18(25)20-14-19(8-9-19)15-6-4-3-5-7-15/h3-7H,2,8-14H2,1H3,(H,20,25). The fraction of sp³-hybridized carbons (Fsp3) is 0.526. The SMILES string of the molecule is CCc1nnc2n1CCN(CC(=O)NCC1(c3ccccc3)CC1)C2. The summed E-state index contributed by atoms with van der Waals surface area (Å²) in [6, 6.07) is 10.5. The van der Waals surface area contributed by atoms with E-state index in [-0.39, 0.29) is 11.3 Å². The number of benzene rings is 1. The number of hydrogen-bond donors (Lipinski definition) is 1. The van der Waals surface area contributed by atoms with Crippen LogP contribution < -0.4 is 5.32 Å². The van der Waals surface area contributed by atoms with Crippen molar-refractivity contribution in [3.05, 3.63) is 47.5 Å². The van der Waals surface area contributed by atoms with Gasteiger partial charge in [0, 0.05) is 31.5 Å². The summed E-state index contributed by atoms with van der Waals surface area (Å²) in [6.07, 6.45) is 3.21. The minimum absolute atomic E-state index is 0.103. The highest BCUT2D eigenvalue weighted by Crippen LogP contribution is 2.47. The molecule has 1 aliphatic heterocycles. The molecule has 1 amide bonds. The van der Waals surface area contributed by atoms with Crippen LogP contribution in [0, 0.1) is 0 Å². The third-order valence-corrected chi connectivity index (χ3v) is 5.46. The molecular weight excluding hydrogens is 314 g/mol. The molecule has 0 saturated heterocycles. The molecule has 0 bridgehead atoms. The number of nitrogens with zero attached hydrogens (tertiary/aromatic N) is 4. The van der Waals surface area contributed by atoms with Crippen LogP contribution in [0.2, 0.25) is 0 Å². The lowest BCUT2D eigenvalue weighted by Crippen LogP contribution is -2.43. The number of nitrogens with one attached hydrogen (secondary N) is 1. The second-order valence-electron chi connectivity index (χ2n) is 7.17. The molecule has 1 N–H and O–H groups in total. The lowest BCUT2D eigenvalue weighted by atomic mass is 9.96. The number of amides is 1. The lowest BCUT2D eigenvalue weighted by Gasteiger charge is -2.27. The van der Waals surface area contributed by atoms with E-state index in [1.54, 1.807) is 0 Å². The zero-order valence-corrected chi connectivity index (χ0v) is 14.7. The Balaban J connectivity index is 1.30. The van der Waals surface area contributed by atoms with E-state index in [4.69, 9.17) is 0 Å². The molecule has 25 heavy (non-hydrogen) atoms.